The molecule has 0 aliphatic heterocycles. The highest BCUT2D eigenvalue weighted by atomic mass is 35.7. The lowest BCUT2D eigenvalue weighted by molar-refractivity contribution is 0.608. The average Bonchev–Trinajstić information content (AvgIpc) is 2.57. The summed E-state index contributed by atoms with van der Waals surface area (Å²) in [6.07, 6.45) is 3.17. The molecule has 15 heavy (non-hydrogen) atoms. The van der Waals surface area contributed by atoms with Gasteiger partial charge in [0.05, 0.1) is 5.75 Å². The largest absolute Gasteiger partial charge is 0.236 e. The molecule has 0 spiro atoms. The van der Waals surface area contributed by atoms with Crippen molar-refractivity contribution in [1.29, 1.82) is 0 Å². The Morgan fingerprint density at radius 3 is 2.60 bits per heavy atom. The van der Waals surface area contributed by atoms with Crippen molar-refractivity contribution in [1.82, 2.24) is 0 Å². The van der Waals surface area contributed by atoms with E-state index >= 15 is 0 Å². The molecule has 0 unspecified atom stereocenters. The van der Waals surface area contributed by atoms with E-state index in [1.165, 1.54) is 16.7 Å². The molecule has 1 aromatic carbocycles. The molecule has 2 nitrogen and oxygen atoms in total. The number of aryl methyl sites for hydroxylation is 1. The quantitative estimate of drug-likeness (QED) is 0.750. The summed E-state index contributed by atoms with van der Waals surface area (Å²) >= 11 is 0. The third-order valence-electron chi connectivity index (χ3n) is 2.94. The Kier molecular flexibility index (Phi) is 2.77. The van der Waals surface area contributed by atoms with Crippen molar-refractivity contribution < 1.29 is 8.42 Å². The second-order valence-electron chi connectivity index (χ2n) is 4.04. The summed E-state index contributed by atoms with van der Waals surface area (Å²) in [5.74, 6) is -0.0445. The third kappa shape index (κ3) is 2.34. The maximum Gasteiger partial charge on any atom is 0.236 e. The SMILES string of the molecule is Cc1ccc(CS(=O)(=O)Cl)c2c1CCC2. The highest BCUT2D eigenvalue weighted by molar-refractivity contribution is 8.13. The van der Waals surface area contributed by atoms with E-state index in [-0.39, 0.29) is 5.75 Å². The Morgan fingerprint density at radius 2 is 1.93 bits per heavy atom. The summed E-state index contributed by atoms with van der Waals surface area (Å²) in [7, 11) is 1.84. The van der Waals surface area contributed by atoms with Gasteiger partial charge in [-0.2, -0.15) is 0 Å². The first kappa shape index (κ1) is 11.0. The van der Waals surface area contributed by atoms with Crippen molar-refractivity contribution in [3.05, 3.63) is 34.4 Å². The first-order valence-electron chi connectivity index (χ1n) is 5.00. The standard InChI is InChI=1S/C11H13ClO2S/c1-8-5-6-9(7-15(12,13)14)11-4-2-3-10(8)11/h5-6H,2-4,7H2,1H3. The summed E-state index contributed by atoms with van der Waals surface area (Å²) in [5, 5.41) is 0. The molecule has 1 aliphatic rings. The van der Waals surface area contributed by atoms with Gasteiger partial charge in [0.2, 0.25) is 9.05 Å². The van der Waals surface area contributed by atoms with Gasteiger partial charge in [-0.25, -0.2) is 8.42 Å². The number of hydrogen-bond donors (Lipinski definition) is 0. The smallest absolute Gasteiger partial charge is 0.212 e. The van der Waals surface area contributed by atoms with Gasteiger partial charge in [0, 0.05) is 10.7 Å². The molecular formula is C11H13ClO2S. The van der Waals surface area contributed by atoms with Gasteiger partial charge in [-0.15, -0.1) is 0 Å². The first-order chi connectivity index (χ1) is 6.97. The molecule has 1 aromatic rings. The van der Waals surface area contributed by atoms with Crippen LogP contribution in [-0.4, -0.2) is 8.42 Å². The first-order valence-corrected chi connectivity index (χ1v) is 7.48. The van der Waals surface area contributed by atoms with E-state index in [1.54, 1.807) is 0 Å². The maximum absolute atomic E-state index is 11.1. The maximum atomic E-state index is 11.1. The van der Waals surface area contributed by atoms with Gasteiger partial charge in [-0.1, -0.05) is 12.1 Å². The van der Waals surface area contributed by atoms with Crippen molar-refractivity contribution >= 4 is 19.7 Å². The molecule has 0 aromatic heterocycles. The highest BCUT2D eigenvalue weighted by Crippen LogP contribution is 2.29. The van der Waals surface area contributed by atoms with Crippen molar-refractivity contribution in [3.8, 4) is 0 Å². The second-order valence-corrected chi connectivity index (χ2v) is 6.81. The highest BCUT2D eigenvalue weighted by Gasteiger charge is 2.19. The minimum atomic E-state index is -3.44. The van der Waals surface area contributed by atoms with E-state index in [0.717, 1.165) is 24.8 Å². The lowest BCUT2D eigenvalue weighted by Crippen LogP contribution is -2.01. The molecule has 4 heteroatoms. The van der Waals surface area contributed by atoms with Crippen molar-refractivity contribution in [3.63, 3.8) is 0 Å². The van der Waals surface area contributed by atoms with Crippen molar-refractivity contribution in [2.75, 3.05) is 0 Å². The lowest BCUT2D eigenvalue weighted by atomic mass is 10.00. The fraction of sp³-hybridized carbons (Fsp3) is 0.455. The van der Waals surface area contributed by atoms with Gasteiger partial charge in [-0.3, -0.25) is 0 Å². The zero-order chi connectivity index (χ0) is 11.1. The number of rotatable bonds is 2. The van der Waals surface area contributed by atoms with Crippen LogP contribution in [0.2, 0.25) is 0 Å². The van der Waals surface area contributed by atoms with E-state index in [0.29, 0.717) is 0 Å². The van der Waals surface area contributed by atoms with Gasteiger partial charge in [0.25, 0.3) is 0 Å². The molecule has 0 heterocycles. The lowest BCUT2D eigenvalue weighted by Gasteiger charge is -2.09. The van der Waals surface area contributed by atoms with Gasteiger partial charge >= 0.3 is 0 Å². The molecule has 0 N–H and O–H groups in total. The van der Waals surface area contributed by atoms with E-state index in [4.69, 9.17) is 10.7 Å². The minimum Gasteiger partial charge on any atom is -0.212 e. The normalized spacial score (nSPS) is 15.3. The van der Waals surface area contributed by atoms with Crippen LogP contribution in [0, 0.1) is 6.92 Å². The molecular weight excluding hydrogens is 232 g/mol. The third-order valence-corrected chi connectivity index (χ3v) is 3.93. The van der Waals surface area contributed by atoms with Gasteiger partial charge < -0.3 is 0 Å². The molecule has 1 aliphatic carbocycles. The van der Waals surface area contributed by atoms with Crippen LogP contribution in [0.4, 0.5) is 0 Å². The second kappa shape index (κ2) is 3.80. The number of benzene rings is 1. The van der Waals surface area contributed by atoms with E-state index < -0.39 is 9.05 Å². The summed E-state index contributed by atoms with van der Waals surface area (Å²) < 4.78 is 22.1. The topological polar surface area (TPSA) is 34.1 Å². The summed E-state index contributed by atoms with van der Waals surface area (Å²) in [4.78, 5) is 0. The van der Waals surface area contributed by atoms with E-state index in [9.17, 15) is 8.42 Å². The van der Waals surface area contributed by atoms with Gasteiger partial charge in [0.1, 0.15) is 0 Å². The molecule has 2 rings (SSSR count). The van der Waals surface area contributed by atoms with Gasteiger partial charge in [-0.05, 0) is 48.4 Å². The summed E-state index contributed by atoms with van der Waals surface area (Å²) in [6, 6.07) is 3.88. The van der Waals surface area contributed by atoms with Crippen LogP contribution in [0.3, 0.4) is 0 Å². The zero-order valence-corrected chi connectivity index (χ0v) is 10.2. The molecule has 0 radical (unpaired) electrons. The molecule has 0 atom stereocenters. The molecule has 0 saturated carbocycles. The fourth-order valence-corrected chi connectivity index (χ4v) is 3.28. The van der Waals surface area contributed by atoms with Crippen LogP contribution in [0.25, 0.3) is 0 Å². The van der Waals surface area contributed by atoms with Crippen molar-refractivity contribution in [2.24, 2.45) is 0 Å². The Balaban J connectivity index is 2.47. The van der Waals surface area contributed by atoms with Crippen LogP contribution in [0.1, 0.15) is 28.7 Å². The zero-order valence-electron chi connectivity index (χ0n) is 8.59. The fourth-order valence-electron chi connectivity index (χ4n) is 2.28. The van der Waals surface area contributed by atoms with Gasteiger partial charge in [0.15, 0.2) is 0 Å². The average molecular weight is 245 g/mol. The molecule has 0 bridgehead atoms. The van der Waals surface area contributed by atoms with Crippen LogP contribution >= 0.6 is 10.7 Å². The van der Waals surface area contributed by atoms with Crippen LogP contribution in [0.5, 0.6) is 0 Å². The van der Waals surface area contributed by atoms with Crippen LogP contribution in [-0.2, 0) is 27.6 Å². The van der Waals surface area contributed by atoms with E-state index in [2.05, 4.69) is 6.92 Å². The Bertz CT molecular complexity index is 492. The number of hydrogen-bond acceptors (Lipinski definition) is 2. The predicted octanol–water partition coefficient (Wildman–Crippen LogP) is 2.55. The van der Waals surface area contributed by atoms with E-state index in [1.807, 2.05) is 12.1 Å². The van der Waals surface area contributed by atoms with Crippen LogP contribution < -0.4 is 0 Å². The summed E-state index contributed by atoms with van der Waals surface area (Å²) in [5.41, 5.74) is 4.67. The molecule has 82 valence electrons. The Labute approximate surface area is 94.7 Å². The monoisotopic (exact) mass is 244 g/mol. The van der Waals surface area contributed by atoms with Crippen molar-refractivity contribution in [2.45, 2.75) is 31.9 Å². The minimum absolute atomic E-state index is 0.0445. The van der Waals surface area contributed by atoms with Crippen LogP contribution in [0.15, 0.2) is 12.1 Å². The molecule has 0 amide bonds. The predicted molar refractivity (Wildman–Crippen MR) is 61.7 cm³/mol. The summed E-state index contributed by atoms with van der Waals surface area (Å²) in [6.45, 7) is 2.07. The number of fused-ring (bicyclic) bond motifs is 1. The Morgan fingerprint density at radius 1 is 1.27 bits per heavy atom. The Hall–Kier alpha value is -0.540. The molecule has 0 saturated heterocycles. The number of halogens is 1. The molecule has 0 fully saturated rings.